The molecule has 0 aliphatic heterocycles. The zero-order valence-electron chi connectivity index (χ0n) is 12.2. The van der Waals surface area contributed by atoms with Crippen LogP contribution in [0, 0.1) is 6.92 Å². The molecule has 2 aromatic carbocycles. The minimum atomic E-state index is -0.458. The molecule has 0 spiro atoms. The number of hydrogen-bond donors (Lipinski definition) is 2. The minimum Gasteiger partial charge on any atom is -0.408 e. The molecule has 3 rings (SSSR count). The molecule has 0 saturated carbocycles. The maximum Gasteiger partial charge on any atom is 0.417 e. The molecule has 0 unspecified atom stereocenters. The van der Waals surface area contributed by atoms with E-state index in [1.807, 2.05) is 43.3 Å². The van der Waals surface area contributed by atoms with Gasteiger partial charge in [-0.25, -0.2) is 4.79 Å². The van der Waals surface area contributed by atoms with Gasteiger partial charge in [-0.15, -0.1) is 0 Å². The van der Waals surface area contributed by atoms with E-state index in [0.29, 0.717) is 29.6 Å². The average Bonchev–Trinajstić information content (AvgIpc) is 2.87. The lowest BCUT2D eigenvalue weighted by Gasteiger charge is -2.06. The second-order valence-corrected chi connectivity index (χ2v) is 5.22. The lowest BCUT2D eigenvalue weighted by Crippen LogP contribution is -2.25. The fourth-order valence-electron chi connectivity index (χ4n) is 2.28. The Hall–Kier alpha value is -2.82. The summed E-state index contributed by atoms with van der Waals surface area (Å²) in [6.45, 7) is 2.51. The van der Waals surface area contributed by atoms with Crippen molar-refractivity contribution >= 4 is 17.0 Å². The number of oxazole rings is 1. The summed E-state index contributed by atoms with van der Waals surface area (Å²) >= 11 is 0. The molecule has 112 valence electrons. The number of H-pyrrole nitrogens is 1. The van der Waals surface area contributed by atoms with Crippen molar-refractivity contribution < 1.29 is 9.21 Å². The molecule has 1 aromatic heterocycles. The van der Waals surface area contributed by atoms with Gasteiger partial charge in [0.15, 0.2) is 5.58 Å². The fraction of sp³-hybridized carbons (Fsp3) is 0.176. The number of aromatic amines is 1. The lowest BCUT2D eigenvalue weighted by atomic mass is 10.1. The Morgan fingerprint density at radius 2 is 1.95 bits per heavy atom. The largest absolute Gasteiger partial charge is 0.417 e. The number of rotatable bonds is 4. The van der Waals surface area contributed by atoms with Gasteiger partial charge in [-0.1, -0.05) is 23.8 Å². The first kappa shape index (κ1) is 14.1. The average molecular weight is 296 g/mol. The van der Waals surface area contributed by atoms with E-state index in [1.54, 1.807) is 6.07 Å². The van der Waals surface area contributed by atoms with Crippen LogP contribution in [0.2, 0.25) is 0 Å². The lowest BCUT2D eigenvalue weighted by molar-refractivity contribution is 0.0954. The van der Waals surface area contributed by atoms with Crippen molar-refractivity contribution in [2.45, 2.75) is 13.3 Å². The SMILES string of the molecule is Cc1ccc(C(=O)NCCc2ccc3oc(=O)[nH]c3c2)cc1. The van der Waals surface area contributed by atoms with Gasteiger partial charge in [0.25, 0.3) is 5.91 Å². The molecule has 1 heterocycles. The van der Waals surface area contributed by atoms with Crippen molar-refractivity contribution in [3.05, 3.63) is 69.7 Å². The standard InChI is InChI=1S/C17H16N2O3/c1-11-2-5-13(6-3-11)16(20)18-9-8-12-4-7-15-14(10-12)19-17(21)22-15/h2-7,10H,8-9H2,1H3,(H,18,20)(H,19,21). The number of aryl methyl sites for hydroxylation is 1. The molecule has 0 fully saturated rings. The highest BCUT2D eigenvalue weighted by molar-refractivity contribution is 5.94. The van der Waals surface area contributed by atoms with Gasteiger partial charge in [-0.05, 0) is 43.2 Å². The van der Waals surface area contributed by atoms with Crippen molar-refractivity contribution in [1.82, 2.24) is 10.3 Å². The third-order valence-corrected chi connectivity index (χ3v) is 3.50. The first-order valence-electron chi connectivity index (χ1n) is 7.08. The number of fused-ring (bicyclic) bond motifs is 1. The van der Waals surface area contributed by atoms with Crippen molar-refractivity contribution in [2.24, 2.45) is 0 Å². The van der Waals surface area contributed by atoms with Crippen molar-refractivity contribution in [3.63, 3.8) is 0 Å². The van der Waals surface area contributed by atoms with Crippen LogP contribution in [0.15, 0.2) is 51.7 Å². The summed E-state index contributed by atoms with van der Waals surface area (Å²) in [7, 11) is 0. The molecule has 5 heteroatoms. The predicted molar refractivity (Wildman–Crippen MR) is 84.1 cm³/mol. The van der Waals surface area contributed by atoms with E-state index in [1.165, 1.54) is 0 Å². The Balaban J connectivity index is 1.60. The van der Waals surface area contributed by atoms with E-state index in [2.05, 4.69) is 10.3 Å². The van der Waals surface area contributed by atoms with Crippen LogP contribution in [0.1, 0.15) is 21.5 Å². The predicted octanol–water partition coefficient (Wildman–Crippen LogP) is 2.40. The molecule has 0 saturated heterocycles. The molecule has 1 amide bonds. The quantitative estimate of drug-likeness (QED) is 0.776. The van der Waals surface area contributed by atoms with E-state index in [9.17, 15) is 9.59 Å². The summed E-state index contributed by atoms with van der Waals surface area (Å²) < 4.78 is 4.95. The molecule has 0 atom stereocenters. The minimum absolute atomic E-state index is 0.0854. The van der Waals surface area contributed by atoms with E-state index in [-0.39, 0.29) is 5.91 Å². The smallest absolute Gasteiger partial charge is 0.408 e. The van der Waals surface area contributed by atoms with Crippen LogP contribution in [0.25, 0.3) is 11.1 Å². The van der Waals surface area contributed by atoms with Gasteiger partial charge in [-0.3, -0.25) is 9.78 Å². The Kier molecular flexibility index (Phi) is 3.78. The fourth-order valence-corrected chi connectivity index (χ4v) is 2.28. The van der Waals surface area contributed by atoms with Crippen LogP contribution in [0.4, 0.5) is 0 Å². The van der Waals surface area contributed by atoms with Gasteiger partial charge in [-0.2, -0.15) is 0 Å². The van der Waals surface area contributed by atoms with Gasteiger partial charge >= 0.3 is 5.76 Å². The topological polar surface area (TPSA) is 75.1 Å². The Morgan fingerprint density at radius 3 is 2.73 bits per heavy atom. The van der Waals surface area contributed by atoms with Gasteiger partial charge in [0, 0.05) is 12.1 Å². The summed E-state index contributed by atoms with van der Waals surface area (Å²) in [6, 6.07) is 13.0. The molecule has 0 aliphatic carbocycles. The highest BCUT2D eigenvalue weighted by atomic mass is 16.4. The monoisotopic (exact) mass is 296 g/mol. The maximum atomic E-state index is 12.0. The molecule has 5 nitrogen and oxygen atoms in total. The van der Waals surface area contributed by atoms with Crippen LogP contribution in [0.3, 0.4) is 0 Å². The first-order chi connectivity index (χ1) is 10.6. The van der Waals surface area contributed by atoms with Crippen LogP contribution < -0.4 is 11.1 Å². The highest BCUT2D eigenvalue weighted by Gasteiger charge is 2.05. The number of benzene rings is 2. The van der Waals surface area contributed by atoms with Crippen molar-refractivity contribution in [1.29, 1.82) is 0 Å². The molecule has 22 heavy (non-hydrogen) atoms. The van der Waals surface area contributed by atoms with Crippen molar-refractivity contribution in [2.75, 3.05) is 6.54 Å². The Labute approximate surface area is 127 Å². The maximum absolute atomic E-state index is 12.0. The molecular weight excluding hydrogens is 280 g/mol. The van der Waals surface area contributed by atoms with E-state index in [0.717, 1.165) is 11.1 Å². The van der Waals surface area contributed by atoms with Gasteiger partial charge in [0.05, 0.1) is 5.52 Å². The molecule has 0 bridgehead atoms. The highest BCUT2D eigenvalue weighted by Crippen LogP contribution is 2.12. The van der Waals surface area contributed by atoms with Crippen LogP contribution >= 0.6 is 0 Å². The molecule has 3 aromatic rings. The molecule has 0 radical (unpaired) electrons. The number of nitrogens with one attached hydrogen (secondary N) is 2. The van der Waals surface area contributed by atoms with Gasteiger partial charge < -0.3 is 9.73 Å². The third-order valence-electron chi connectivity index (χ3n) is 3.50. The summed E-state index contributed by atoms with van der Waals surface area (Å²) in [6.07, 6.45) is 0.681. The summed E-state index contributed by atoms with van der Waals surface area (Å²) in [5.74, 6) is -0.544. The van der Waals surface area contributed by atoms with E-state index < -0.39 is 5.76 Å². The van der Waals surface area contributed by atoms with E-state index in [4.69, 9.17) is 4.42 Å². The zero-order chi connectivity index (χ0) is 15.5. The van der Waals surface area contributed by atoms with Gasteiger partial charge in [0.2, 0.25) is 0 Å². The van der Waals surface area contributed by atoms with Crippen LogP contribution in [-0.4, -0.2) is 17.4 Å². The summed E-state index contributed by atoms with van der Waals surface area (Å²) in [5.41, 5.74) is 4.01. The summed E-state index contributed by atoms with van der Waals surface area (Å²) in [5, 5.41) is 2.89. The number of carbonyl (C=O) groups excluding carboxylic acids is 1. The number of carbonyl (C=O) groups is 1. The number of hydrogen-bond acceptors (Lipinski definition) is 3. The molecule has 0 aliphatic rings. The molecular formula is C17H16N2O3. The molecule has 2 N–H and O–H groups in total. The number of aromatic nitrogens is 1. The Morgan fingerprint density at radius 1 is 1.18 bits per heavy atom. The van der Waals surface area contributed by atoms with E-state index >= 15 is 0 Å². The van der Waals surface area contributed by atoms with Crippen LogP contribution in [0.5, 0.6) is 0 Å². The Bertz CT molecular complexity index is 859. The zero-order valence-corrected chi connectivity index (χ0v) is 12.2. The second-order valence-electron chi connectivity index (χ2n) is 5.22. The second kappa shape index (κ2) is 5.89. The van der Waals surface area contributed by atoms with Crippen molar-refractivity contribution in [3.8, 4) is 0 Å². The first-order valence-corrected chi connectivity index (χ1v) is 7.08. The normalized spacial score (nSPS) is 10.8. The number of amides is 1. The van der Waals surface area contributed by atoms with Gasteiger partial charge in [0.1, 0.15) is 0 Å². The van der Waals surface area contributed by atoms with Crippen LogP contribution in [-0.2, 0) is 6.42 Å². The summed E-state index contributed by atoms with van der Waals surface area (Å²) in [4.78, 5) is 25.7. The third kappa shape index (κ3) is 3.09.